The van der Waals surface area contributed by atoms with Crippen molar-refractivity contribution in [2.75, 3.05) is 0 Å². The zero-order valence-corrected chi connectivity index (χ0v) is 7.78. The van der Waals surface area contributed by atoms with Crippen LogP contribution in [0.3, 0.4) is 0 Å². The fourth-order valence-electron chi connectivity index (χ4n) is 0.951. The average Bonchev–Trinajstić information content (AvgIpc) is 2.72. The van der Waals surface area contributed by atoms with Crippen LogP contribution in [0.25, 0.3) is 0 Å². The maximum absolute atomic E-state index is 11.0. The van der Waals surface area contributed by atoms with Gasteiger partial charge in [0, 0.05) is 0 Å². The third-order valence-electron chi connectivity index (χ3n) is 1.55. The van der Waals surface area contributed by atoms with Crippen LogP contribution >= 0.6 is 11.8 Å². The van der Waals surface area contributed by atoms with Gasteiger partial charge < -0.3 is 4.42 Å². The van der Waals surface area contributed by atoms with E-state index < -0.39 is 5.37 Å². The molecule has 1 aliphatic heterocycles. The SMILES string of the molecule is O=C1NC(=O)C(N=Cc2ccco2)S1. The maximum atomic E-state index is 11.0. The number of hydrogen-bond donors (Lipinski definition) is 1. The van der Waals surface area contributed by atoms with Crippen molar-refractivity contribution in [1.29, 1.82) is 0 Å². The molecule has 0 aliphatic carbocycles. The average molecular weight is 210 g/mol. The second-order valence-corrected chi connectivity index (χ2v) is 3.59. The number of carbonyl (C=O) groups is 2. The first kappa shape index (κ1) is 9.01. The molecule has 1 fully saturated rings. The molecular weight excluding hydrogens is 204 g/mol. The molecule has 0 bridgehead atoms. The Morgan fingerprint density at radius 1 is 1.57 bits per heavy atom. The molecule has 2 heterocycles. The van der Waals surface area contributed by atoms with Crippen LogP contribution in [0.1, 0.15) is 5.76 Å². The van der Waals surface area contributed by atoms with Crippen molar-refractivity contribution < 1.29 is 14.0 Å². The minimum Gasteiger partial charge on any atom is -0.463 e. The molecule has 1 aromatic rings. The number of imide groups is 1. The molecule has 0 aromatic carbocycles. The largest absolute Gasteiger partial charge is 0.463 e. The molecule has 1 unspecified atom stereocenters. The van der Waals surface area contributed by atoms with Gasteiger partial charge >= 0.3 is 0 Å². The van der Waals surface area contributed by atoms with Crippen LogP contribution in [0.4, 0.5) is 4.79 Å². The van der Waals surface area contributed by atoms with Crippen LogP contribution in [-0.2, 0) is 4.79 Å². The monoisotopic (exact) mass is 210 g/mol. The van der Waals surface area contributed by atoms with E-state index in [1.54, 1.807) is 12.1 Å². The Bertz CT molecular complexity index is 385. The quantitative estimate of drug-likeness (QED) is 0.739. The summed E-state index contributed by atoms with van der Waals surface area (Å²) in [5.41, 5.74) is 0. The van der Waals surface area contributed by atoms with Crippen LogP contribution in [0.2, 0.25) is 0 Å². The molecule has 1 N–H and O–H groups in total. The third kappa shape index (κ3) is 1.85. The normalized spacial score (nSPS) is 21.9. The Balaban J connectivity index is 2.04. The lowest BCUT2D eigenvalue weighted by molar-refractivity contribution is -0.118. The fraction of sp³-hybridized carbons (Fsp3) is 0.125. The predicted molar refractivity (Wildman–Crippen MR) is 51.2 cm³/mol. The van der Waals surface area contributed by atoms with Gasteiger partial charge in [-0.1, -0.05) is 0 Å². The van der Waals surface area contributed by atoms with Crippen LogP contribution in [-0.4, -0.2) is 22.7 Å². The topological polar surface area (TPSA) is 71.7 Å². The highest BCUT2D eigenvalue weighted by Gasteiger charge is 2.30. The van der Waals surface area contributed by atoms with Gasteiger partial charge in [0.2, 0.25) is 0 Å². The first-order valence-corrected chi connectivity index (χ1v) is 4.72. The highest BCUT2D eigenvalue weighted by Crippen LogP contribution is 2.19. The van der Waals surface area contributed by atoms with Gasteiger partial charge in [-0.05, 0) is 23.9 Å². The van der Waals surface area contributed by atoms with Crippen molar-refractivity contribution in [1.82, 2.24) is 5.32 Å². The van der Waals surface area contributed by atoms with Crippen LogP contribution in [0, 0.1) is 0 Å². The number of rotatable bonds is 2. The summed E-state index contributed by atoms with van der Waals surface area (Å²) < 4.78 is 4.98. The van der Waals surface area contributed by atoms with E-state index >= 15 is 0 Å². The fourth-order valence-corrected chi connectivity index (χ4v) is 1.60. The predicted octanol–water partition coefficient (Wildman–Crippen LogP) is 1.01. The minimum absolute atomic E-state index is 0.364. The molecule has 0 saturated carbocycles. The van der Waals surface area contributed by atoms with Gasteiger partial charge in [-0.2, -0.15) is 0 Å². The van der Waals surface area contributed by atoms with Crippen LogP contribution in [0.5, 0.6) is 0 Å². The third-order valence-corrected chi connectivity index (χ3v) is 2.42. The van der Waals surface area contributed by atoms with Crippen molar-refractivity contribution in [2.24, 2.45) is 4.99 Å². The number of nitrogens with zero attached hydrogens (tertiary/aromatic N) is 1. The van der Waals surface area contributed by atoms with Crippen molar-refractivity contribution in [3.05, 3.63) is 24.2 Å². The zero-order chi connectivity index (χ0) is 9.97. The van der Waals surface area contributed by atoms with Crippen molar-refractivity contribution >= 4 is 29.1 Å². The van der Waals surface area contributed by atoms with E-state index in [9.17, 15) is 9.59 Å². The van der Waals surface area contributed by atoms with Gasteiger partial charge in [0.15, 0.2) is 5.37 Å². The van der Waals surface area contributed by atoms with E-state index in [0.717, 1.165) is 11.8 Å². The zero-order valence-electron chi connectivity index (χ0n) is 6.97. The molecule has 2 rings (SSSR count). The van der Waals surface area contributed by atoms with E-state index in [4.69, 9.17) is 4.42 Å². The summed E-state index contributed by atoms with van der Waals surface area (Å²) in [7, 11) is 0. The number of furan rings is 1. The second kappa shape index (κ2) is 3.67. The van der Waals surface area contributed by atoms with Gasteiger partial charge in [0.25, 0.3) is 11.1 Å². The van der Waals surface area contributed by atoms with E-state index in [0.29, 0.717) is 5.76 Å². The molecule has 1 aromatic heterocycles. The Morgan fingerprint density at radius 2 is 2.43 bits per heavy atom. The smallest absolute Gasteiger partial charge is 0.288 e. The summed E-state index contributed by atoms with van der Waals surface area (Å²) in [5, 5.41) is 1.09. The Morgan fingerprint density at radius 3 is 3.00 bits per heavy atom. The molecule has 1 aliphatic rings. The number of aliphatic imine (C=N–C) groups is 1. The summed E-state index contributed by atoms with van der Waals surface area (Å²) in [6, 6.07) is 3.43. The number of nitrogens with one attached hydrogen (secondary N) is 1. The van der Waals surface area contributed by atoms with Gasteiger partial charge in [0.1, 0.15) is 5.76 Å². The molecule has 6 heteroatoms. The number of carbonyl (C=O) groups excluding carboxylic acids is 2. The lowest BCUT2D eigenvalue weighted by Gasteiger charge is -1.93. The minimum atomic E-state index is -0.687. The van der Waals surface area contributed by atoms with Crippen LogP contribution < -0.4 is 5.32 Å². The van der Waals surface area contributed by atoms with Crippen LogP contribution in [0.15, 0.2) is 27.8 Å². The van der Waals surface area contributed by atoms with Gasteiger partial charge in [0.05, 0.1) is 12.5 Å². The summed E-state index contributed by atoms with van der Waals surface area (Å²) in [5.74, 6) is 0.167. The van der Waals surface area contributed by atoms with E-state index in [1.165, 1.54) is 12.5 Å². The standard InChI is InChI=1S/C8H6N2O3S/c11-6-7(14-8(12)10-6)9-4-5-2-1-3-13-5/h1-4,7H,(H,10,11,12). The molecule has 2 amide bonds. The highest BCUT2D eigenvalue weighted by molar-refractivity contribution is 8.15. The molecule has 5 nitrogen and oxygen atoms in total. The maximum Gasteiger partial charge on any atom is 0.288 e. The van der Waals surface area contributed by atoms with E-state index in [-0.39, 0.29) is 11.1 Å². The summed E-state index contributed by atoms with van der Waals surface area (Å²) in [4.78, 5) is 25.7. The van der Waals surface area contributed by atoms with Gasteiger partial charge in [-0.25, -0.2) is 0 Å². The number of amides is 2. The van der Waals surface area contributed by atoms with Crippen molar-refractivity contribution in [2.45, 2.75) is 5.37 Å². The van der Waals surface area contributed by atoms with Gasteiger partial charge in [-0.15, -0.1) is 0 Å². The summed E-state index contributed by atoms with van der Waals surface area (Å²) in [6.07, 6.45) is 2.93. The molecular formula is C8H6N2O3S. The van der Waals surface area contributed by atoms with E-state index in [1.807, 2.05) is 0 Å². The molecule has 0 radical (unpaired) electrons. The van der Waals surface area contributed by atoms with Crippen molar-refractivity contribution in [3.63, 3.8) is 0 Å². The first-order valence-electron chi connectivity index (χ1n) is 3.84. The Labute approximate surface area is 83.6 Å². The molecule has 0 spiro atoms. The molecule has 14 heavy (non-hydrogen) atoms. The molecule has 72 valence electrons. The van der Waals surface area contributed by atoms with E-state index in [2.05, 4.69) is 10.3 Å². The second-order valence-electron chi connectivity index (χ2n) is 2.54. The Hall–Kier alpha value is -1.56. The summed E-state index contributed by atoms with van der Waals surface area (Å²) in [6.45, 7) is 0. The molecule has 1 saturated heterocycles. The Kier molecular flexibility index (Phi) is 2.36. The highest BCUT2D eigenvalue weighted by atomic mass is 32.2. The van der Waals surface area contributed by atoms with Gasteiger partial charge in [-0.3, -0.25) is 19.9 Å². The lowest BCUT2D eigenvalue weighted by atomic mass is 10.5. The lowest BCUT2D eigenvalue weighted by Crippen LogP contribution is -2.23. The molecule has 1 atom stereocenters. The number of hydrogen-bond acceptors (Lipinski definition) is 5. The first-order chi connectivity index (χ1) is 6.75. The number of thioether (sulfide) groups is 1. The summed E-state index contributed by atoms with van der Waals surface area (Å²) >= 11 is 0.856. The van der Waals surface area contributed by atoms with Crippen molar-refractivity contribution in [3.8, 4) is 0 Å².